The summed E-state index contributed by atoms with van der Waals surface area (Å²) in [4.78, 5) is 16.7. The molecule has 1 aliphatic heterocycles. The molecule has 4 N–H and O–H groups in total. The van der Waals surface area contributed by atoms with Crippen molar-refractivity contribution in [1.82, 2.24) is 19.7 Å². The van der Waals surface area contributed by atoms with E-state index in [0.29, 0.717) is 29.4 Å². The molecule has 1 amide bonds. The van der Waals surface area contributed by atoms with Crippen molar-refractivity contribution < 1.29 is 33.3 Å². The largest absolute Gasteiger partial charge is 0.493 e. The maximum absolute atomic E-state index is 14.8. The SMILES string of the molecule is COc1cc(OC)c(F)c(C#Cc2nn(C3CCN(C(=O)O)C3)c3c(CO)cnc(N)c23)c1F. The number of fused-ring (bicyclic) bond motifs is 1. The number of amides is 1. The highest BCUT2D eigenvalue weighted by molar-refractivity contribution is 5.95. The third kappa shape index (κ3) is 3.80. The molecule has 1 saturated heterocycles. The van der Waals surface area contributed by atoms with Gasteiger partial charge in [0.2, 0.25) is 0 Å². The Morgan fingerprint density at radius 1 is 1.26 bits per heavy atom. The third-order valence-electron chi connectivity index (χ3n) is 5.66. The molecule has 0 aliphatic carbocycles. The third-order valence-corrected chi connectivity index (χ3v) is 5.66. The number of ether oxygens (including phenoxy) is 2. The van der Waals surface area contributed by atoms with Gasteiger partial charge in [-0.15, -0.1) is 0 Å². The fraction of sp³-hybridized carbons (Fsp3) is 0.318. The van der Waals surface area contributed by atoms with E-state index in [1.54, 1.807) is 4.68 Å². The van der Waals surface area contributed by atoms with Crippen LogP contribution in [-0.4, -0.2) is 63.3 Å². The molecule has 0 radical (unpaired) electrons. The molecule has 3 aromatic rings. The van der Waals surface area contributed by atoms with Gasteiger partial charge in [0.15, 0.2) is 23.1 Å². The first-order valence-electron chi connectivity index (χ1n) is 10.2. The number of methoxy groups -OCH3 is 2. The maximum atomic E-state index is 14.8. The Hall–Kier alpha value is -4.11. The minimum Gasteiger partial charge on any atom is -0.493 e. The predicted molar refractivity (Wildman–Crippen MR) is 117 cm³/mol. The Labute approximate surface area is 192 Å². The molecule has 1 atom stereocenters. The summed E-state index contributed by atoms with van der Waals surface area (Å²) in [5, 5.41) is 23.9. The minimum absolute atomic E-state index is 0.0556. The Kier molecular flexibility index (Phi) is 6.12. The summed E-state index contributed by atoms with van der Waals surface area (Å²) in [5.41, 5.74) is 6.41. The van der Waals surface area contributed by atoms with Crippen molar-refractivity contribution in [3.8, 4) is 23.3 Å². The topological polar surface area (TPSA) is 136 Å². The Morgan fingerprint density at radius 2 is 1.94 bits per heavy atom. The molecular weight excluding hydrogens is 452 g/mol. The molecule has 0 spiro atoms. The number of benzene rings is 1. The molecule has 3 heterocycles. The number of aliphatic hydroxyl groups is 1. The molecule has 4 rings (SSSR count). The molecule has 2 aromatic heterocycles. The van der Waals surface area contributed by atoms with Crippen LogP contribution >= 0.6 is 0 Å². The number of hydrogen-bond acceptors (Lipinski definition) is 7. The summed E-state index contributed by atoms with van der Waals surface area (Å²) in [5.74, 6) is 2.65. The van der Waals surface area contributed by atoms with Crippen LogP contribution in [0.25, 0.3) is 10.9 Å². The second-order valence-electron chi connectivity index (χ2n) is 7.55. The molecule has 12 heteroatoms. The molecule has 178 valence electrons. The number of nitrogens with two attached hydrogens (primary N) is 1. The number of anilines is 1. The van der Waals surface area contributed by atoms with Gasteiger partial charge in [0.05, 0.1) is 37.8 Å². The molecule has 1 aliphatic rings. The molecule has 34 heavy (non-hydrogen) atoms. The van der Waals surface area contributed by atoms with Crippen LogP contribution in [0.15, 0.2) is 12.3 Å². The van der Waals surface area contributed by atoms with Gasteiger partial charge in [0, 0.05) is 30.9 Å². The number of hydrogen-bond donors (Lipinski definition) is 3. The van der Waals surface area contributed by atoms with Crippen LogP contribution < -0.4 is 15.2 Å². The highest BCUT2D eigenvalue weighted by Crippen LogP contribution is 2.33. The van der Waals surface area contributed by atoms with Crippen molar-refractivity contribution in [1.29, 1.82) is 0 Å². The highest BCUT2D eigenvalue weighted by atomic mass is 19.1. The van der Waals surface area contributed by atoms with E-state index in [4.69, 9.17) is 15.2 Å². The van der Waals surface area contributed by atoms with Crippen molar-refractivity contribution in [3.63, 3.8) is 0 Å². The molecule has 1 fully saturated rings. The van der Waals surface area contributed by atoms with Crippen LogP contribution in [0.1, 0.15) is 29.3 Å². The first-order valence-corrected chi connectivity index (χ1v) is 10.2. The molecule has 1 aromatic carbocycles. The van der Waals surface area contributed by atoms with Crippen LogP contribution in [0.5, 0.6) is 11.5 Å². The Balaban J connectivity index is 1.90. The highest BCUT2D eigenvalue weighted by Gasteiger charge is 2.30. The molecule has 0 saturated carbocycles. The zero-order valence-electron chi connectivity index (χ0n) is 18.3. The van der Waals surface area contributed by atoms with Gasteiger partial charge in [-0.2, -0.15) is 5.10 Å². The smallest absolute Gasteiger partial charge is 0.407 e. The van der Waals surface area contributed by atoms with E-state index < -0.39 is 23.3 Å². The lowest BCUT2D eigenvalue weighted by atomic mass is 10.1. The summed E-state index contributed by atoms with van der Waals surface area (Å²) >= 11 is 0. The lowest BCUT2D eigenvalue weighted by molar-refractivity contribution is 0.154. The number of aromatic nitrogens is 3. The maximum Gasteiger partial charge on any atom is 0.407 e. The van der Waals surface area contributed by atoms with E-state index in [2.05, 4.69) is 21.9 Å². The quantitative estimate of drug-likeness (QED) is 0.491. The van der Waals surface area contributed by atoms with Gasteiger partial charge in [0.1, 0.15) is 17.1 Å². The average molecular weight is 473 g/mol. The van der Waals surface area contributed by atoms with E-state index in [9.17, 15) is 23.8 Å². The lowest BCUT2D eigenvalue weighted by Gasteiger charge is -2.14. The molecule has 0 bridgehead atoms. The average Bonchev–Trinajstić information content (AvgIpc) is 3.46. The van der Waals surface area contributed by atoms with Crippen LogP contribution in [0.3, 0.4) is 0 Å². The monoisotopic (exact) mass is 473 g/mol. The number of aliphatic hydroxyl groups excluding tert-OH is 1. The number of nitrogens with zero attached hydrogens (tertiary/aromatic N) is 4. The molecule has 10 nitrogen and oxygen atoms in total. The van der Waals surface area contributed by atoms with Crippen LogP contribution in [-0.2, 0) is 6.61 Å². The van der Waals surface area contributed by atoms with Crippen molar-refractivity contribution in [3.05, 3.63) is 40.7 Å². The van der Waals surface area contributed by atoms with E-state index in [1.165, 1.54) is 25.3 Å². The second-order valence-corrected chi connectivity index (χ2v) is 7.55. The number of likely N-dealkylation sites (tertiary alicyclic amines) is 1. The normalized spacial score (nSPS) is 15.3. The summed E-state index contributed by atoms with van der Waals surface area (Å²) in [7, 11) is 2.46. The van der Waals surface area contributed by atoms with Gasteiger partial charge >= 0.3 is 6.09 Å². The lowest BCUT2D eigenvalue weighted by Crippen LogP contribution is -2.27. The van der Waals surface area contributed by atoms with E-state index in [0.717, 1.165) is 6.07 Å². The van der Waals surface area contributed by atoms with E-state index >= 15 is 0 Å². The van der Waals surface area contributed by atoms with Gasteiger partial charge in [-0.3, -0.25) is 4.68 Å². The number of carbonyl (C=O) groups is 1. The minimum atomic E-state index is -1.06. The fourth-order valence-electron chi connectivity index (χ4n) is 3.96. The first-order chi connectivity index (χ1) is 16.3. The second kappa shape index (κ2) is 9.03. The predicted octanol–water partition coefficient (Wildman–Crippen LogP) is 2.13. The Morgan fingerprint density at radius 3 is 2.50 bits per heavy atom. The van der Waals surface area contributed by atoms with Gasteiger partial charge < -0.3 is 30.3 Å². The Bertz CT molecular complexity index is 1320. The standard InChI is InChI=1S/C22H21F2N5O5/c1-33-15-7-16(34-2)19(24)13(18(15)23)3-4-14-17-20(11(10-30)8-26-21(17)25)29(27-14)12-5-6-28(9-12)22(31)32/h7-8,12,30H,5-6,9-10H2,1-2H3,(H2,25,26)(H,31,32). The van der Waals surface area contributed by atoms with Gasteiger partial charge in [-0.1, -0.05) is 5.92 Å². The van der Waals surface area contributed by atoms with Crippen LogP contribution in [0, 0.1) is 23.5 Å². The number of rotatable bonds is 4. The number of carboxylic acid groups (broad SMARTS) is 1. The van der Waals surface area contributed by atoms with Crippen LogP contribution in [0.2, 0.25) is 0 Å². The summed E-state index contributed by atoms with van der Waals surface area (Å²) in [6, 6.07) is 0.718. The van der Waals surface area contributed by atoms with Gasteiger partial charge in [-0.05, 0) is 12.3 Å². The van der Waals surface area contributed by atoms with Crippen molar-refractivity contribution >= 4 is 22.8 Å². The molecular formula is C22H21F2N5O5. The summed E-state index contributed by atoms with van der Waals surface area (Å²) < 4.78 is 40.9. The van der Waals surface area contributed by atoms with Crippen LogP contribution in [0.4, 0.5) is 19.4 Å². The summed E-state index contributed by atoms with van der Waals surface area (Å²) in [6.07, 6.45) is 0.809. The zero-order chi connectivity index (χ0) is 24.6. The van der Waals surface area contributed by atoms with E-state index in [-0.39, 0.29) is 42.2 Å². The first kappa shape index (κ1) is 23.1. The van der Waals surface area contributed by atoms with Gasteiger partial charge in [-0.25, -0.2) is 18.6 Å². The van der Waals surface area contributed by atoms with E-state index in [1.807, 2.05) is 0 Å². The fourth-order valence-corrected chi connectivity index (χ4v) is 3.96. The number of halogens is 2. The number of nitrogen functional groups attached to an aromatic ring is 1. The zero-order valence-corrected chi connectivity index (χ0v) is 18.3. The summed E-state index contributed by atoms with van der Waals surface area (Å²) in [6.45, 7) is 0.0912. The van der Waals surface area contributed by atoms with Crippen molar-refractivity contribution in [2.75, 3.05) is 33.0 Å². The van der Waals surface area contributed by atoms with Gasteiger partial charge in [0.25, 0.3) is 0 Å². The molecule has 1 unspecified atom stereocenters. The van der Waals surface area contributed by atoms with Crippen molar-refractivity contribution in [2.45, 2.75) is 19.1 Å². The number of pyridine rings is 1. The van der Waals surface area contributed by atoms with Crippen molar-refractivity contribution in [2.24, 2.45) is 0 Å².